The van der Waals surface area contributed by atoms with Gasteiger partial charge in [0, 0.05) is 44.0 Å². The smallest absolute Gasteiger partial charge is 0.185 e. The number of thiazole rings is 1. The van der Waals surface area contributed by atoms with Crippen LogP contribution in [0.1, 0.15) is 36.8 Å². The summed E-state index contributed by atoms with van der Waals surface area (Å²) in [6.07, 6.45) is 2.98. The largest absolute Gasteiger partial charge is 0.392 e. The monoisotopic (exact) mass is 339 g/mol. The molecule has 0 aromatic carbocycles. The second-order valence-electron chi connectivity index (χ2n) is 7.10. The predicted molar refractivity (Wildman–Crippen MR) is 94.2 cm³/mol. The molecule has 2 unspecified atom stereocenters. The lowest BCUT2D eigenvalue weighted by molar-refractivity contribution is -0.209. The second kappa shape index (κ2) is 6.67. The number of aliphatic hydroxyl groups is 1. The average molecular weight is 340 g/mol. The van der Waals surface area contributed by atoms with E-state index in [0.29, 0.717) is 0 Å². The summed E-state index contributed by atoms with van der Waals surface area (Å²) in [4.78, 5) is 10.6. The lowest BCUT2D eigenvalue weighted by Crippen LogP contribution is -2.62. The minimum Gasteiger partial charge on any atom is -0.392 e. The summed E-state index contributed by atoms with van der Waals surface area (Å²) in [5.74, 6) is 0. The summed E-state index contributed by atoms with van der Waals surface area (Å²) in [7, 11) is 4.08. The van der Waals surface area contributed by atoms with Gasteiger partial charge in [0.1, 0.15) is 0 Å². The molecule has 1 aliphatic carbocycles. The Kier molecular flexibility index (Phi) is 4.97. The van der Waals surface area contributed by atoms with Crippen LogP contribution in [0.4, 0.5) is 5.13 Å². The van der Waals surface area contributed by atoms with Crippen molar-refractivity contribution in [1.29, 1.82) is 0 Å². The van der Waals surface area contributed by atoms with Gasteiger partial charge in [-0.3, -0.25) is 4.90 Å². The Labute approximate surface area is 143 Å². The van der Waals surface area contributed by atoms with Crippen LogP contribution in [0, 0.1) is 12.3 Å². The molecule has 130 valence electrons. The molecule has 1 saturated carbocycles. The van der Waals surface area contributed by atoms with Crippen molar-refractivity contribution in [3.63, 3.8) is 0 Å². The summed E-state index contributed by atoms with van der Waals surface area (Å²) >= 11 is 1.79. The Balaban J connectivity index is 1.59. The van der Waals surface area contributed by atoms with Crippen LogP contribution >= 0.6 is 11.3 Å². The highest BCUT2D eigenvalue weighted by Gasteiger charge is 2.55. The number of likely N-dealkylation sites (tertiary alicyclic amines) is 1. The Hall–Kier alpha value is -0.690. The molecule has 5 nitrogen and oxygen atoms in total. The molecular weight excluding hydrogens is 310 g/mol. The third-order valence-corrected chi connectivity index (χ3v) is 6.84. The molecule has 6 heteroatoms. The summed E-state index contributed by atoms with van der Waals surface area (Å²) < 4.78 is 5.85. The second-order valence-corrected chi connectivity index (χ2v) is 8.17. The minimum atomic E-state index is -0.174. The van der Waals surface area contributed by atoms with E-state index in [9.17, 15) is 5.11 Å². The SMILES string of the molecule is CCOC1CC(O)C12CCN(Cc1sc(N(C)C)nc1C)CC2. The molecule has 3 rings (SSSR count). The fraction of sp³-hybridized carbons (Fsp3) is 0.824. The lowest BCUT2D eigenvalue weighted by atomic mass is 9.58. The van der Waals surface area contributed by atoms with Gasteiger partial charge in [-0.15, -0.1) is 11.3 Å². The van der Waals surface area contributed by atoms with Crippen molar-refractivity contribution in [3.8, 4) is 0 Å². The van der Waals surface area contributed by atoms with Crippen LogP contribution in [0.2, 0.25) is 0 Å². The summed E-state index contributed by atoms with van der Waals surface area (Å²) in [5, 5.41) is 11.4. The topological polar surface area (TPSA) is 48.8 Å². The number of rotatable bonds is 5. The highest BCUT2D eigenvalue weighted by Crippen LogP contribution is 2.51. The predicted octanol–water partition coefficient (Wildman–Crippen LogP) is 2.27. The summed E-state index contributed by atoms with van der Waals surface area (Å²) in [6, 6.07) is 0. The molecule has 23 heavy (non-hydrogen) atoms. The number of hydrogen-bond donors (Lipinski definition) is 1. The maximum atomic E-state index is 10.3. The highest BCUT2D eigenvalue weighted by atomic mass is 32.1. The van der Waals surface area contributed by atoms with Crippen molar-refractivity contribution in [2.45, 2.75) is 51.9 Å². The van der Waals surface area contributed by atoms with E-state index in [4.69, 9.17) is 4.74 Å². The maximum absolute atomic E-state index is 10.3. The average Bonchev–Trinajstić information content (AvgIpc) is 2.89. The van der Waals surface area contributed by atoms with Crippen molar-refractivity contribution in [2.24, 2.45) is 5.41 Å². The van der Waals surface area contributed by atoms with Crippen LogP contribution in [-0.4, -0.2) is 61.0 Å². The number of aryl methyl sites for hydroxylation is 1. The van der Waals surface area contributed by atoms with Crippen LogP contribution in [0.3, 0.4) is 0 Å². The number of nitrogens with zero attached hydrogens (tertiary/aromatic N) is 3. The van der Waals surface area contributed by atoms with Gasteiger partial charge in [-0.05, 0) is 39.8 Å². The Bertz CT molecular complexity index is 536. The first-order valence-corrected chi connectivity index (χ1v) is 9.43. The Morgan fingerprint density at radius 2 is 2.09 bits per heavy atom. The zero-order valence-electron chi connectivity index (χ0n) is 14.7. The van der Waals surface area contributed by atoms with E-state index in [1.165, 1.54) is 4.88 Å². The van der Waals surface area contributed by atoms with Gasteiger partial charge in [0.05, 0.1) is 17.9 Å². The molecule has 2 aliphatic rings. The van der Waals surface area contributed by atoms with Gasteiger partial charge >= 0.3 is 0 Å². The van der Waals surface area contributed by atoms with Crippen LogP contribution in [0.25, 0.3) is 0 Å². The number of anilines is 1. The number of ether oxygens (including phenoxy) is 1. The number of hydrogen-bond acceptors (Lipinski definition) is 6. The van der Waals surface area contributed by atoms with Crippen LogP contribution in [0.15, 0.2) is 0 Å². The van der Waals surface area contributed by atoms with Gasteiger partial charge in [-0.1, -0.05) is 0 Å². The summed E-state index contributed by atoms with van der Waals surface area (Å²) in [6.45, 7) is 7.94. The van der Waals surface area contributed by atoms with Gasteiger partial charge in [-0.25, -0.2) is 4.98 Å². The van der Waals surface area contributed by atoms with Gasteiger partial charge in [0.2, 0.25) is 0 Å². The van der Waals surface area contributed by atoms with Crippen molar-refractivity contribution >= 4 is 16.5 Å². The molecule has 2 atom stereocenters. The Morgan fingerprint density at radius 1 is 1.39 bits per heavy atom. The van der Waals surface area contributed by atoms with Crippen molar-refractivity contribution in [1.82, 2.24) is 9.88 Å². The lowest BCUT2D eigenvalue weighted by Gasteiger charge is -2.56. The minimum absolute atomic E-state index is 0.0179. The third kappa shape index (κ3) is 3.14. The van der Waals surface area contributed by atoms with Gasteiger partial charge in [0.15, 0.2) is 5.13 Å². The first-order valence-electron chi connectivity index (χ1n) is 8.62. The maximum Gasteiger partial charge on any atom is 0.185 e. The summed E-state index contributed by atoms with van der Waals surface area (Å²) in [5.41, 5.74) is 1.17. The number of aromatic nitrogens is 1. The van der Waals surface area contributed by atoms with E-state index in [1.807, 2.05) is 21.0 Å². The van der Waals surface area contributed by atoms with Gasteiger partial charge in [-0.2, -0.15) is 0 Å². The van der Waals surface area contributed by atoms with E-state index in [-0.39, 0.29) is 17.6 Å². The standard InChI is InChI=1S/C17H29N3O2S/c1-5-22-15-10-14(21)17(15)6-8-20(9-7-17)11-13-12(2)18-16(23-13)19(3)4/h14-15,21H,5-11H2,1-4H3. The van der Waals surface area contributed by atoms with E-state index >= 15 is 0 Å². The van der Waals surface area contributed by atoms with Crippen molar-refractivity contribution in [3.05, 3.63) is 10.6 Å². The van der Waals surface area contributed by atoms with Crippen molar-refractivity contribution in [2.75, 3.05) is 38.7 Å². The van der Waals surface area contributed by atoms with Crippen LogP contribution in [0.5, 0.6) is 0 Å². The van der Waals surface area contributed by atoms with Crippen LogP contribution in [-0.2, 0) is 11.3 Å². The number of piperidine rings is 1. The fourth-order valence-electron chi connectivity index (χ4n) is 3.90. The zero-order valence-corrected chi connectivity index (χ0v) is 15.5. The molecule has 2 heterocycles. The molecule has 1 spiro atoms. The molecule has 0 amide bonds. The van der Waals surface area contributed by atoms with Gasteiger partial charge in [0.25, 0.3) is 0 Å². The highest BCUT2D eigenvalue weighted by molar-refractivity contribution is 7.15. The van der Waals surface area contributed by atoms with Crippen molar-refractivity contribution < 1.29 is 9.84 Å². The normalized spacial score (nSPS) is 27.2. The molecule has 1 N–H and O–H groups in total. The fourth-order valence-corrected chi connectivity index (χ4v) is 4.92. The molecule has 1 aromatic rings. The molecule has 1 aliphatic heterocycles. The molecular formula is C17H29N3O2S. The molecule has 0 radical (unpaired) electrons. The van der Waals surface area contributed by atoms with Crippen LogP contribution < -0.4 is 4.90 Å². The first kappa shape index (κ1) is 17.1. The number of aliphatic hydroxyl groups excluding tert-OH is 1. The van der Waals surface area contributed by atoms with E-state index < -0.39 is 0 Å². The molecule has 1 aromatic heterocycles. The Morgan fingerprint density at radius 3 is 2.61 bits per heavy atom. The molecule has 0 bridgehead atoms. The van der Waals surface area contributed by atoms with Gasteiger partial charge < -0.3 is 14.7 Å². The molecule has 1 saturated heterocycles. The zero-order chi connectivity index (χ0) is 16.6. The first-order chi connectivity index (χ1) is 11.0. The quantitative estimate of drug-likeness (QED) is 0.892. The molecule has 2 fully saturated rings. The van der Waals surface area contributed by atoms with E-state index in [0.717, 1.165) is 56.3 Å². The van der Waals surface area contributed by atoms with E-state index in [1.54, 1.807) is 11.3 Å². The van der Waals surface area contributed by atoms with E-state index in [2.05, 4.69) is 21.7 Å². The third-order valence-electron chi connectivity index (χ3n) is 5.53.